The number of benzene rings is 1. The highest BCUT2D eigenvalue weighted by Crippen LogP contribution is 2.21. The van der Waals surface area contributed by atoms with E-state index in [4.69, 9.17) is 16.9 Å². The van der Waals surface area contributed by atoms with Crippen LogP contribution in [0.1, 0.15) is 29.2 Å². The van der Waals surface area contributed by atoms with Crippen molar-refractivity contribution >= 4 is 17.6 Å². The summed E-state index contributed by atoms with van der Waals surface area (Å²) in [5.41, 5.74) is 3.27. The Morgan fingerprint density at radius 1 is 1.47 bits per heavy atom. The summed E-state index contributed by atoms with van der Waals surface area (Å²) in [6, 6.07) is 5.61. The average molecular weight is 252 g/mol. The van der Waals surface area contributed by atoms with E-state index in [2.05, 4.69) is 10.8 Å². The van der Waals surface area contributed by atoms with Crippen LogP contribution in [0.2, 0.25) is 0 Å². The third-order valence-electron chi connectivity index (χ3n) is 2.64. The predicted octanol–water partition coefficient (Wildman–Crippen LogP) is 2.57. The molecule has 4 heteroatoms. The summed E-state index contributed by atoms with van der Waals surface area (Å²) >= 11 is 5.90. The molecule has 0 radical (unpaired) electrons. The number of nitrogens with zero attached hydrogens (tertiary/aromatic N) is 1. The van der Waals surface area contributed by atoms with Gasteiger partial charge in [0.25, 0.3) is 0 Å². The van der Waals surface area contributed by atoms with Crippen LogP contribution in [-0.2, 0) is 28.3 Å². The summed E-state index contributed by atoms with van der Waals surface area (Å²) in [7, 11) is 1.34. The summed E-state index contributed by atoms with van der Waals surface area (Å²) in [4.78, 5) is 11.3. The molecule has 0 aliphatic carbocycles. The molecule has 0 saturated carbocycles. The van der Waals surface area contributed by atoms with E-state index in [1.165, 1.54) is 7.11 Å². The molecule has 1 aromatic rings. The minimum atomic E-state index is -0.325. The number of aryl methyl sites for hydroxylation is 1. The van der Waals surface area contributed by atoms with Crippen LogP contribution in [0, 0.1) is 11.3 Å². The topological polar surface area (TPSA) is 50.1 Å². The van der Waals surface area contributed by atoms with E-state index in [-0.39, 0.29) is 12.4 Å². The lowest BCUT2D eigenvalue weighted by atomic mass is 9.95. The Hall–Kier alpha value is -1.53. The minimum Gasteiger partial charge on any atom is -0.469 e. The maximum absolute atomic E-state index is 11.3. The van der Waals surface area contributed by atoms with Crippen LogP contribution in [-0.4, -0.2) is 13.1 Å². The van der Waals surface area contributed by atoms with Crippen molar-refractivity contribution in [2.75, 3.05) is 7.11 Å². The normalized spacial score (nSPS) is 9.76. The smallest absolute Gasteiger partial charge is 0.309 e. The van der Waals surface area contributed by atoms with E-state index >= 15 is 0 Å². The first-order valence-electron chi connectivity index (χ1n) is 5.33. The number of nitriles is 1. The van der Waals surface area contributed by atoms with Crippen molar-refractivity contribution < 1.29 is 9.53 Å². The molecule has 17 heavy (non-hydrogen) atoms. The zero-order valence-electron chi connectivity index (χ0n) is 9.92. The van der Waals surface area contributed by atoms with Gasteiger partial charge in [-0.3, -0.25) is 4.79 Å². The number of halogens is 1. The Kier molecular flexibility index (Phi) is 4.99. The molecule has 0 amide bonds. The highest BCUT2D eigenvalue weighted by Gasteiger charge is 2.12. The molecule has 1 aromatic carbocycles. The van der Waals surface area contributed by atoms with Gasteiger partial charge in [0.2, 0.25) is 0 Å². The molecule has 90 valence electrons. The van der Waals surface area contributed by atoms with Crippen molar-refractivity contribution in [3.8, 4) is 6.07 Å². The van der Waals surface area contributed by atoms with Gasteiger partial charge in [0.1, 0.15) is 0 Å². The standard InChI is InChI=1S/C13H14ClNO2/c1-3-10-4-9(8-15)5-11(12(10)7-14)6-13(16)17-2/h4-5H,3,6-7H2,1-2H3. The van der Waals surface area contributed by atoms with E-state index < -0.39 is 0 Å². The van der Waals surface area contributed by atoms with Gasteiger partial charge in [-0.25, -0.2) is 0 Å². The zero-order valence-corrected chi connectivity index (χ0v) is 10.7. The number of alkyl halides is 1. The van der Waals surface area contributed by atoms with Crippen LogP contribution >= 0.6 is 11.6 Å². The lowest BCUT2D eigenvalue weighted by molar-refractivity contribution is -0.139. The van der Waals surface area contributed by atoms with Crippen LogP contribution in [0.15, 0.2) is 12.1 Å². The number of rotatable bonds is 4. The number of ether oxygens (including phenoxy) is 1. The van der Waals surface area contributed by atoms with Gasteiger partial charge >= 0.3 is 5.97 Å². The minimum absolute atomic E-state index is 0.154. The summed E-state index contributed by atoms with van der Waals surface area (Å²) in [6.45, 7) is 1.99. The van der Waals surface area contributed by atoms with Crippen LogP contribution in [0.25, 0.3) is 0 Å². The van der Waals surface area contributed by atoms with Gasteiger partial charge < -0.3 is 4.74 Å². The summed E-state index contributed by atoms with van der Waals surface area (Å²) in [5, 5.41) is 8.94. The number of hydrogen-bond donors (Lipinski definition) is 0. The Morgan fingerprint density at radius 2 is 2.12 bits per heavy atom. The van der Waals surface area contributed by atoms with Crippen molar-refractivity contribution in [2.24, 2.45) is 0 Å². The van der Waals surface area contributed by atoms with Gasteiger partial charge in [0, 0.05) is 5.88 Å². The SMILES string of the molecule is CCc1cc(C#N)cc(CC(=O)OC)c1CCl. The summed E-state index contributed by atoms with van der Waals surface area (Å²) in [6.07, 6.45) is 0.937. The van der Waals surface area contributed by atoms with Crippen LogP contribution in [0.3, 0.4) is 0 Å². The monoisotopic (exact) mass is 251 g/mol. The maximum atomic E-state index is 11.3. The molecule has 0 N–H and O–H groups in total. The fourth-order valence-corrected chi connectivity index (χ4v) is 2.08. The second kappa shape index (κ2) is 6.27. The number of hydrogen-bond acceptors (Lipinski definition) is 3. The van der Waals surface area contributed by atoms with Crippen molar-refractivity contribution in [3.05, 3.63) is 34.4 Å². The van der Waals surface area contributed by atoms with Gasteiger partial charge in [-0.1, -0.05) is 6.92 Å². The van der Waals surface area contributed by atoms with Crippen LogP contribution in [0.5, 0.6) is 0 Å². The molecule has 0 heterocycles. The van der Waals surface area contributed by atoms with Crippen molar-refractivity contribution in [3.63, 3.8) is 0 Å². The van der Waals surface area contributed by atoms with Crippen molar-refractivity contribution in [2.45, 2.75) is 25.6 Å². The third-order valence-corrected chi connectivity index (χ3v) is 2.91. The molecule has 3 nitrogen and oxygen atoms in total. The van der Waals surface area contributed by atoms with Gasteiger partial charge in [-0.15, -0.1) is 11.6 Å². The second-order valence-corrected chi connectivity index (χ2v) is 3.89. The molecular formula is C13H14ClNO2. The fourth-order valence-electron chi connectivity index (χ4n) is 1.73. The van der Waals surface area contributed by atoms with Crippen molar-refractivity contribution in [1.29, 1.82) is 5.26 Å². The van der Waals surface area contributed by atoms with E-state index in [0.717, 1.165) is 23.1 Å². The van der Waals surface area contributed by atoms with Gasteiger partial charge in [0.15, 0.2) is 0 Å². The fraction of sp³-hybridized carbons (Fsp3) is 0.385. The first kappa shape index (κ1) is 13.5. The molecule has 0 bridgehead atoms. The molecule has 0 spiro atoms. The van der Waals surface area contributed by atoms with Crippen LogP contribution < -0.4 is 0 Å². The van der Waals surface area contributed by atoms with E-state index in [9.17, 15) is 4.79 Å². The molecule has 0 atom stereocenters. The van der Waals surface area contributed by atoms with E-state index in [0.29, 0.717) is 11.4 Å². The van der Waals surface area contributed by atoms with E-state index in [1.807, 2.05) is 13.0 Å². The summed E-state index contributed by atoms with van der Waals surface area (Å²) in [5.74, 6) is 0.00908. The van der Waals surface area contributed by atoms with Gasteiger partial charge in [-0.05, 0) is 35.2 Å². The first-order valence-corrected chi connectivity index (χ1v) is 5.87. The molecule has 0 aliphatic rings. The average Bonchev–Trinajstić information content (AvgIpc) is 2.37. The molecule has 0 fully saturated rings. The quantitative estimate of drug-likeness (QED) is 0.610. The highest BCUT2D eigenvalue weighted by atomic mass is 35.5. The number of esters is 1. The molecule has 1 rings (SSSR count). The highest BCUT2D eigenvalue weighted by molar-refractivity contribution is 6.17. The molecule has 0 unspecified atom stereocenters. The summed E-state index contributed by atoms with van der Waals surface area (Å²) < 4.78 is 4.64. The number of carbonyl (C=O) groups is 1. The molecule has 0 saturated heterocycles. The zero-order chi connectivity index (χ0) is 12.8. The Balaban J connectivity index is 3.25. The lowest BCUT2D eigenvalue weighted by Gasteiger charge is -2.11. The Morgan fingerprint density at radius 3 is 2.59 bits per heavy atom. The second-order valence-electron chi connectivity index (χ2n) is 3.62. The van der Waals surface area contributed by atoms with E-state index in [1.54, 1.807) is 6.07 Å². The van der Waals surface area contributed by atoms with Crippen molar-refractivity contribution in [1.82, 2.24) is 0 Å². The molecule has 0 aliphatic heterocycles. The molecule has 0 aromatic heterocycles. The number of methoxy groups -OCH3 is 1. The lowest BCUT2D eigenvalue weighted by Crippen LogP contribution is -2.08. The third kappa shape index (κ3) is 3.21. The molecular weight excluding hydrogens is 238 g/mol. The Bertz CT molecular complexity index is 463. The van der Waals surface area contributed by atoms with Gasteiger partial charge in [0.05, 0.1) is 25.2 Å². The largest absolute Gasteiger partial charge is 0.469 e. The predicted molar refractivity (Wildman–Crippen MR) is 65.8 cm³/mol. The Labute approximate surface area is 106 Å². The maximum Gasteiger partial charge on any atom is 0.309 e. The van der Waals surface area contributed by atoms with Gasteiger partial charge in [-0.2, -0.15) is 5.26 Å². The number of carbonyl (C=O) groups excluding carboxylic acids is 1. The first-order chi connectivity index (χ1) is 8.15. The van der Waals surface area contributed by atoms with Crippen LogP contribution in [0.4, 0.5) is 0 Å².